The summed E-state index contributed by atoms with van der Waals surface area (Å²) in [5.41, 5.74) is 2.54. The van der Waals surface area contributed by atoms with Crippen molar-refractivity contribution >= 4 is 17.2 Å². The van der Waals surface area contributed by atoms with Crippen LogP contribution >= 0.6 is 11.3 Å². The lowest BCUT2D eigenvalue weighted by atomic mass is 10.2. The molecule has 0 N–H and O–H groups in total. The van der Waals surface area contributed by atoms with Gasteiger partial charge in [-0.1, -0.05) is 0 Å². The van der Waals surface area contributed by atoms with E-state index in [4.69, 9.17) is 0 Å². The van der Waals surface area contributed by atoms with Gasteiger partial charge in [0.15, 0.2) is 0 Å². The van der Waals surface area contributed by atoms with E-state index in [0.717, 1.165) is 22.0 Å². The second kappa shape index (κ2) is 4.17. The van der Waals surface area contributed by atoms with E-state index in [1.807, 2.05) is 30.2 Å². The highest BCUT2D eigenvalue weighted by Gasteiger charge is 2.32. The molecular weight excluding hydrogens is 246 g/mol. The summed E-state index contributed by atoms with van der Waals surface area (Å²) >= 11 is 1.61. The van der Waals surface area contributed by atoms with Crippen molar-refractivity contribution in [3.05, 3.63) is 45.7 Å². The Morgan fingerprint density at radius 1 is 1.50 bits per heavy atom. The zero-order valence-corrected chi connectivity index (χ0v) is 11.1. The number of fused-ring (bicyclic) bond motifs is 1. The lowest BCUT2D eigenvalue weighted by Gasteiger charge is -2.22. The van der Waals surface area contributed by atoms with Crippen molar-refractivity contribution in [1.29, 1.82) is 0 Å². The van der Waals surface area contributed by atoms with Crippen molar-refractivity contribution < 1.29 is 4.79 Å². The van der Waals surface area contributed by atoms with Crippen LogP contribution in [-0.2, 0) is 6.54 Å². The lowest BCUT2D eigenvalue weighted by molar-refractivity contribution is 0.0712. The molecule has 2 aromatic rings. The van der Waals surface area contributed by atoms with Crippen molar-refractivity contribution in [2.24, 2.45) is 0 Å². The molecule has 1 amide bonds. The third kappa shape index (κ3) is 1.71. The van der Waals surface area contributed by atoms with Crippen LogP contribution in [0.2, 0.25) is 0 Å². The first-order valence-electron chi connectivity index (χ1n) is 5.83. The van der Waals surface area contributed by atoms with Crippen molar-refractivity contribution in [3.63, 3.8) is 0 Å². The highest BCUT2D eigenvalue weighted by Crippen LogP contribution is 2.30. The van der Waals surface area contributed by atoms with Gasteiger partial charge in [-0.25, -0.2) is 4.98 Å². The Kier molecular flexibility index (Phi) is 2.63. The van der Waals surface area contributed by atoms with Crippen molar-refractivity contribution in [2.75, 3.05) is 0 Å². The van der Waals surface area contributed by atoms with Gasteiger partial charge in [-0.3, -0.25) is 9.78 Å². The molecule has 2 aromatic heterocycles. The summed E-state index contributed by atoms with van der Waals surface area (Å²) in [5, 5.41) is 3.04. The molecule has 0 spiro atoms. The quantitative estimate of drug-likeness (QED) is 0.832. The van der Waals surface area contributed by atoms with E-state index in [-0.39, 0.29) is 11.9 Å². The maximum atomic E-state index is 12.3. The van der Waals surface area contributed by atoms with Gasteiger partial charge < -0.3 is 4.90 Å². The van der Waals surface area contributed by atoms with Crippen molar-refractivity contribution in [1.82, 2.24) is 14.9 Å². The molecule has 4 nitrogen and oxygen atoms in total. The molecule has 0 aliphatic carbocycles. The second-order valence-electron chi connectivity index (χ2n) is 4.40. The Balaban J connectivity index is 1.90. The standard InChI is InChI=1S/C13H13N3OS/c1-8(12-7-18-9(2)15-12)16-6-11-10(13(16)17)4-3-5-14-11/h3-5,7-8H,6H2,1-2H3/t8-/m0/s1. The number of nitrogens with zero attached hydrogens (tertiary/aromatic N) is 3. The Bertz CT molecular complexity index is 608. The molecule has 0 saturated carbocycles. The summed E-state index contributed by atoms with van der Waals surface area (Å²) < 4.78 is 0. The molecule has 0 aromatic carbocycles. The zero-order valence-electron chi connectivity index (χ0n) is 10.3. The molecule has 0 saturated heterocycles. The minimum atomic E-state index is -0.00310. The van der Waals surface area contributed by atoms with Gasteiger partial charge in [0.1, 0.15) is 0 Å². The van der Waals surface area contributed by atoms with E-state index in [9.17, 15) is 4.79 Å². The molecule has 3 heterocycles. The number of pyridine rings is 1. The van der Waals surface area contributed by atoms with E-state index in [2.05, 4.69) is 9.97 Å². The number of hydrogen-bond acceptors (Lipinski definition) is 4. The summed E-state index contributed by atoms with van der Waals surface area (Å²) in [5.74, 6) is 0.0521. The highest BCUT2D eigenvalue weighted by atomic mass is 32.1. The Labute approximate surface area is 109 Å². The smallest absolute Gasteiger partial charge is 0.256 e. The first-order valence-corrected chi connectivity index (χ1v) is 6.71. The van der Waals surface area contributed by atoms with E-state index in [1.54, 1.807) is 23.6 Å². The molecule has 1 aliphatic heterocycles. The lowest BCUT2D eigenvalue weighted by Crippen LogP contribution is -2.27. The number of rotatable bonds is 2. The van der Waals surface area contributed by atoms with Crippen LogP contribution in [0, 0.1) is 6.92 Å². The second-order valence-corrected chi connectivity index (χ2v) is 5.46. The van der Waals surface area contributed by atoms with Crippen LogP contribution in [0.25, 0.3) is 0 Å². The fourth-order valence-corrected chi connectivity index (χ4v) is 2.89. The minimum Gasteiger partial charge on any atom is -0.324 e. The van der Waals surface area contributed by atoms with Crippen LogP contribution in [0.15, 0.2) is 23.7 Å². The van der Waals surface area contributed by atoms with Gasteiger partial charge in [-0.2, -0.15) is 0 Å². The highest BCUT2D eigenvalue weighted by molar-refractivity contribution is 7.09. The summed E-state index contributed by atoms with van der Waals surface area (Å²) in [6.07, 6.45) is 1.73. The van der Waals surface area contributed by atoms with Gasteiger partial charge in [0.05, 0.1) is 34.5 Å². The normalized spacial score (nSPS) is 15.9. The third-order valence-corrected chi connectivity index (χ3v) is 4.03. The van der Waals surface area contributed by atoms with Gasteiger partial charge >= 0.3 is 0 Å². The average molecular weight is 259 g/mol. The van der Waals surface area contributed by atoms with Crippen LogP contribution in [0.5, 0.6) is 0 Å². The van der Waals surface area contributed by atoms with Crippen LogP contribution in [0.4, 0.5) is 0 Å². The van der Waals surface area contributed by atoms with E-state index in [1.165, 1.54) is 0 Å². The SMILES string of the molecule is Cc1nc([C@H](C)N2Cc3ncccc3C2=O)cs1. The summed E-state index contributed by atoms with van der Waals surface area (Å²) in [7, 11) is 0. The topological polar surface area (TPSA) is 46.1 Å². The molecule has 1 atom stereocenters. The fourth-order valence-electron chi connectivity index (χ4n) is 2.19. The van der Waals surface area contributed by atoms with Crippen LogP contribution < -0.4 is 0 Å². The molecule has 5 heteroatoms. The van der Waals surface area contributed by atoms with Crippen molar-refractivity contribution in [2.45, 2.75) is 26.4 Å². The van der Waals surface area contributed by atoms with E-state index in [0.29, 0.717) is 6.54 Å². The summed E-state index contributed by atoms with van der Waals surface area (Å²) in [6.45, 7) is 4.56. The fraction of sp³-hybridized carbons (Fsp3) is 0.308. The summed E-state index contributed by atoms with van der Waals surface area (Å²) in [4.78, 5) is 22.8. The number of amides is 1. The molecule has 0 radical (unpaired) electrons. The third-order valence-electron chi connectivity index (χ3n) is 3.23. The predicted molar refractivity (Wildman–Crippen MR) is 69.4 cm³/mol. The van der Waals surface area contributed by atoms with E-state index < -0.39 is 0 Å². The minimum absolute atomic E-state index is 0.00310. The first-order chi connectivity index (χ1) is 8.66. The van der Waals surface area contributed by atoms with Gasteiger partial charge in [0.2, 0.25) is 0 Å². The number of carbonyl (C=O) groups excluding carboxylic acids is 1. The maximum Gasteiger partial charge on any atom is 0.256 e. The molecular formula is C13H13N3OS. The Hall–Kier alpha value is -1.75. The van der Waals surface area contributed by atoms with E-state index >= 15 is 0 Å². The largest absolute Gasteiger partial charge is 0.324 e. The van der Waals surface area contributed by atoms with Crippen LogP contribution in [0.3, 0.4) is 0 Å². The number of thiazole rings is 1. The van der Waals surface area contributed by atoms with Gasteiger partial charge in [-0.05, 0) is 26.0 Å². The number of carbonyl (C=O) groups is 1. The monoisotopic (exact) mass is 259 g/mol. The summed E-state index contributed by atoms with van der Waals surface area (Å²) in [6, 6.07) is 3.64. The number of aromatic nitrogens is 2. The Morgan fingerprint density at radius 2 is 2.33 bits per heavy atom. The molecule has 0 bridgehead atoms. The number of aryl methyl sites for hydroxylation is 1. The number of hydrogen-bond donors (Lipinski definition) is 0. The van der Waals surface area contributed by atoms with Gasteiger partial charge in [0, 0.05) is 11.6 Å². The molecule has 92 valence electrons. The van der Waals surface area contributed by atoms with Gasteiger partial charge in [0.25, 0.3) is 5.91 Å². The molecule has 0 fully saturated rings. The predicted octanol–water partition coefficient (Wildman–Crippen LogP) is 2.56. The first kappa shape index (κ1) is 11.3. The molecule has 3 rings (SSSR count). The van der Waals surface area contributed by atoms with Crippen molar-refractivity contribution in [3.8, 4) is 0 Å². The molecule has 0 unspecified atom stereocenters. The molecule has 1 aliphatic rings. The molecule has 18 heavy (non-hydrogen) atoms. The van der Waals surface area contributed by atoms with Gasteiger partial charge in [-0.15, -0.1) is 11.3 Å². The van der Waals surface area contributed by atoms with Crippen LogP contribution in [-0.4, -0.2) is 20.8 Å². The Morgan fingerprint density at radius 3 is 3.00 bits per heavy atom. The average Bonchev–Trinajstić information content (AvgIpc) is 2.94. The van der Waals surface area contributed by atoms with Crippen LogP contribution in [0.1, 0.15) is 39.7 Å². The maximum absolute atomic E-state index is 12.3. The zero-order chi connectivity index (χ0) is 12.7.